The van der Waals surface area contributed by atoms with Gasteiger partial charge in [0.25, 0.3) is 0 Å². The molecule has 6 rings (SSSR count). The molecule has 0 saturated heterocycles. The van der Waals surface area contributed by atoms with Crippen LogP contribution in [0, 0.1) is 18.2 Å². The van der Waals surface area contributed by atoms with E-state index in [0.29, 0.717) is 24.3 Å². The topological polar surface area (TPSA) is 76.5 Å². The minimum Gasteiger partial charge on any atom is -0.457 e. The summed E-state index contributed by atoms with van der Waals surface area (Å²) in [7, 11) is 0. The van der Waals surface area contributed by atoms with E-state index in [4.69, 9.17) is 4.74 Å². The third-order valence-corrected chi connectivity index (χ3v) is 8.34. The van der Waals surface area contributed by atoms with Crippen molar-refractivity contribution in [3.8, 4) is 11.5 Å². The van der Waals surface area contributed by atoms with Gasteiger partial charge in [0.2, 0.25) is 0 Å². The van der Waals surface area contributed by atoms with Crippen molar-refractivity contribution in [1.82, 2.24) is 4.98 Å². The number of halogens is 1. The Labute approximate surface area is 226 Å². The van der Waals surface area contributed by atoms with E-state index in [9.17, 15) is 19.1 Å². The van der Waals surface area contributed by atoms with E-state index in [2.05, 4.69) is 4.98 Å². The van der Waals surface area contributed by atoms with Gasteiger partial charge in [-0.3, -0.25) is 14.6 Å². The van der Waals surface area contributed by atoms with Crippen LogP contribution >= 0.6 is 0 Å². The molecule has 0 spiro atoms. The maximum atomic E-state index is 13.2. The summed E-state index contributed by atoms with van der Waals surface area (Å²) in [4.78, 5) is 30.6. The first-order valence-electron chi connectivity index (χ1n) is 13.5. The van der Waals surface area contributed by atoms with Crippen LogP contribution in [-0.4, -0.2) is 21.7 Å². The number of hydrogen-bond acceptors (Lipinski definition) is 5. The van der Waals surface area contributed by atoms with E-state index in [1.807, 2.05) is 49.4 Å². The van der Waals surface area contributed by atoms with Gasteiger partial charge in [-0.25, -0.2) is 4.39 Å². The molecule has 3 aromatic carbocycles. The van der Waals surface area contributed by atoms with Gasteiger partial charge in [-0.15, -0.1) is 0 Å². The lowest BCUT2D eigenvalue weighted by atomic mass is 9.73. The van der Waals surface area contributed by atoms with E-state index in [0.717, 1.165) is 52.4 Å². The van der Waals surface area contributed by atoms with Crippen molar-refractivity contribution >= 4 is 22.5 Å². The number of fused-ring (bicyclic) bond motifs is 1. The lowest BCUT2D eigenvalue weighted by molar-refractivity contribution is -0.133. The summed E-state index contributed by atoms with van der Waals surface area (Å²) in [6.45, 7) is 2.00. The number of Topliss-reactive ketones (excluding diaryl/α,β-unsaturated/α-hetero) is 2. The van der Waals surface area contributed by atoms with E-state index in [1.165, 1.54) is 12.1 Å². The fourth-order valence-electron chi connectivity index (χ4n) is 5.60. The largest absolute Gasteiger partial charge is 0.457 e. The number of carbonyl (C=O) groups excluding carboxylic acids is 2. The fourth-order valence-corrected chi connectivity index (χ4v) is 5.60. The van der Waals surface area contributed by atoms with Crippen molar-refractivity contribution in [3.05, 3.63) is 101 Å². The number of aliphatic hydroxyl groups is 1. The van der Waals surface area contributed by atoms with Gasteiger partial charge in [-0.1, -0.05) is 24.3 Å². The lowest BCUT2D eigenvalue weighted by Gasteiger charge is -2.38. The predicted octanol–water partition coefficient (Wildman–Crippen LogP) is 6.55. The minimum absolute atomic E-state index is 0.0692. The molecule has 2 saturated carbocycles. The van der Waals surface area contributed by atoms with E-state index >= 15 is 0 Å². The Bertz CT molecular complexity index is 1570. The molecule has 2 fully saturated rings. The van der Waals surface area contributed by atoms with Crippen LogP contribution in [0.2, 0.25) is 0 Å². The number of rotatable bonds is 9. The Kier molecular flexibility index (Phi) is 6.31. The number of ether oxygens (including phenoxy) is 1. The average Bonchev–Trinajstić information content (AvgIpc) is 3.72. The van der Waals surface area contributed by atoms with Gasteiger partial charge in [0.05, 0.1) is 16.5 Å². The number of nitrogens with zero attached hydrogens (tertiary/aromatic N) is 1. The molecule has 0 atom stereocenters. The Morgan fingerprint density at radius 1 is 0.897 bits per heavy atom. The van der Waals surface area contributed by atoms with E-state index in [-0.39, 0.29) is 30.2 Å². The highest BCUT2D eigenvalue weighted by Gasteiger charge is 2.54. The molecule has 0 aliphatic heterocycles. The van der Waals surface area contributed by atoms with Crippen molar-refractivity contribution in [2.75, 3.05) is 0 Å². The molecule has 1 N–H and O–H groups in total. The summed E-state index contributed by atoms with van der Waals surface area (Å²) < 4.78 is 19.4. The van der Waals surface area contributed by atoms with Crippen molar-refractivity contribution in [2.24, 2.45) is 5.41 Å². The Hall–Kier alpha value is -3.90. The maximum absolute atomic E-state index is 13.2. The molecule has 0 amide bonds. The molecule has 2 aliphatic carbocycles. The zero-order chi connectivity index (χ0) is 27.2. The molecular formula is C33H30FNO4. The number of carbonyl (C=O) groups is 2. The lowest BCUT2D eigenvalue weighted by Crippen LogP contribution is -2.34. The summed E-state index contributed by atoms with van der Waals surface area (Å²) in [5.41, 5.74) is 2.59. The number of aryl methyl sites for hydroxylation is 1. The van der Waals surface area contributed by atoms with Crippen LogP contribution in [0.3, 0.4) is 0 Å². The molecular weight excluding hydrogens is 493 g/mol. The highest BCUT2D eigenvalue weighted by molar-refractivity contribution is 6.10. The molecule has 0 bridgehead atoms. The van der Waals surface area contributed by atoms with Crippen molar-refractivity contribution in [3.63, 3.8) is 0 Å². The van der Waals surface area contributed by atoms with Crippen LogP contribution in [0.4, 0.5) is 4.39 Å². The normalized spacial score (nSPS) is 16.9. The third kappa shape index (κ3) is 4.85. The molecule has 2 aliphatic rings. The molecule has 39 heavy (non-hydrogen) atoms. The van der Waals surface area contributed by atoms with Gasteiger partial charge in [0.1, 0.15) is 17.3 Å². The second-order valence-electron chi connectivity index (χ2n) is 11.0. The standard InChI is InChI=1S/C33H30FNO4/c1-21-17-28-26(20-27(21)33(38)12-2-13-33)29(11-16-35-28)39-25-9-5-23(6-10-25)19-31(37)32(14-15-32)30(36)18-22-3-7-24(34)8-4-22/h3-11,16-17,20,38H,2,12-15,18-19H2,1H3. The van der Waals surface area contributed by atoms with E-state index < -0.39 is 11.0 Å². The highest BCUT2D eigenvalue weighted by atomic mass is 19.1. The van der Waals surface area contributed by atoms with Gasteiger partial charge in [-0.05, 0) is 104 Å². The van der Waals surface area contributed by atoms with E-state index in [1.54, 1.807) is 18.3 Å². The van der Waals surface area contributed by atoms with Crippen molar-refractivity contribution in [1.29, 1.82) is 0 Å². The summed E-state index contributed by atoms with van der Waals surface area (Å²) in [6, 6.07) is 19.0. The summed E-state index contributed by atoms with van der Waals surface area (Å²) in [5.74, 6) is 0.762. The monoisotopic (exact) mass is 523 g/mol. The molecule has 0 unspecified atom stereocenters. The summed E-state index contributed by atoms with van der Waals surface area (Å²) >= 11 is 0. The highest BCUT2D eigenvalue weighted by Crippen LogP contribution is 2.49. The second-order valence-corrected chi connectivity index (χ2v) is 11.0. The molecule has 1 aromatic heterocycles. The number of pyridine rings is 1. The van der Waals surface area contributed by atoms with Gasteiger partial charge in [-0.2, -0.15) is 0 Å². The number of benzene rings is 3. The maximum Gasteiger partial charge on any atom is 0.150 e. The molecule has 0 radical (unpaired) electrons. The Balaban J connectivity index is 1.15. The predicted molar refractivity (Wildman–Crippen MR) is 146 cm³/mol. The zero-order valence-corrected chi connectivity index (χ0v) is 21.9. The number of aromatic nitrogens is 1. The minimum atomic E-state index is -0.917. The smallest absolute Gasteiger partial charge is 0.150 e. The van der Waals surface area contributed by atoms with Crippen LogP contribution in [-0.2, 0) is 28.0 Å². The van der Waals surface area contributed by atoms with Crippen LogP contribution in [0.25, 0.3) is 10.9 Å². The van der Waals surface area contributed by atoms with Crippen molar-refractivity contribution in [2.45, 2.75) is 57.5 Å². The Morgan fingerprint density at radius 3 is 2.08 bits per heavy atom. The summed E-state index contributed by atoms with van der Waals surface area (Å²) in [5, 5.41) is 11.8. The Morgan fingerprint density at radius 2 is 1.51 bits per heavy atom. The van der Waals surface area contributed by atoms with Gasteiger partial charge >= 0.3 is 0 Å². The molecule has 198 valence electrons. The second kappa shape index (κ2) is 9.69. The fraction of sp³-hybridized carbons (Fsp3) is 0.303. The number of hydrogen-bond donors (Lipinski definition) is 1. The quantitative estimate of drug-likeness (QED) is 0.252. The van der Waals surface area contributed by atoms with Crippen LogP contribution < -0.4 is 4.74 Å². The van der Waals surface area contributed by atoms with Crippen LogP contribution in [0.5, 0.6) is 11.5 Å². The molecule has 1 heterocycles. The summed E-state index contributed by atoms with van der Waals surface area (Å²) in [6.07, 6.45) is 5.69. The first-order valence-corrected chi connectivity index (χ1v) is 13.5. The third-order valence-electron chi connectivity index (χ3n) is 8.34. The van der Waals surface area contributed by atoms with Gasteiger partial charge in [0, 0.05) is 24.4 Å². The van der Waals surface area contributed by atoms with Crippen molar-refractivity contribution < 1.29 is 23.8 Å². The average molecular weight is 524 g/mol. The molecule has 6 heteroatoms. The number of ketones is 2. The molecule has 5 nitrogen and oxygen atoms in total. The van der Waals surface area contributed by atoms with Gasteiger partial charge in [0.15, 0.2) is 11.6 Å². The SMILES string of the molecule is Cc1cc2nccc(Oc3ccc(CC(=O)C4(C(=O)Cc5ccc(F)cc5)CC4)cc3)c2cc1C1(O)CCC1. The first-order chi connectivity index (χ1) is 18.8. The van der Waals surface area contributed by atoms with Crippen LogP contribution in [0.15, 0.2) is 72.9 Å². The van der Waals surface area contributed by atoms with Crippen LogP contribution in [0.1, 0.15) is 54.4 Å². The molecule has 4 aromatic rings. The van der Waals surface area contributed by atoms with Gasteiger partial charge < -0.3 is 9.84 Å². The zero-order valence-electron chi connectivity index (χ0n) is 21.9. The first kappa shape index (κ1) is 25.4.